The minimum atomic E-state index is -4.83. The number of pyridine rings is 1. The Morgan fingerprint density at radius 1 is 1.32 bits per heavy atom. The van der Waals surface area contributed by atoms with Crippen molar-refractivity contribution in [3.05, 3.63) is 69.1 Å². The van der Waals surface area contributed by atoms with E-state index in [0.29, 0.717) is 11.5 Å². The number of allylic oxidation sites excluding steroid dienone is 1. The van der Waals surface area contributed by atoms with Gasteiger partial charge in [-0.3, -0.25) is 13.8 Å². The van der Waals surface area contributed by atoms with Gasteiger partial charge in [0.1, 0.15) is 22.4 Å². The Kier molecular flexibility index (Phi) is 6.44. The van der Waals surface area contributed by atoms with Crippen molar-refractivity contribution < 1.29 is 22.0 Å². The Bertz CT molecular complexity index is 1210. The molecule has 2 aromatic heterocycles. The lowest BCUT2D eigenvalue weighted by molar-refractivity contribution is -0.140. The number of nitrogens with one attached hydrogen (secondary N) is 1. The van der Waals surface area contributed by atoms with E-state index in [1.807, 2.05) is 0 Å². The molecule has 1 atom stereocenters. The molecule has 3 rings (SSSR count). The number of aromatic nitrogens is 3. The van der Waals surface area contributed by atoms with Gasteiger partial charge in [0, 0.05) is 23.9 Å². The van der Waals surface area contributed by atoms with Crippen LogP contribution in [0.1, 0.15) is 30.5 Å². The van der Waals surface area contributed by atoms with Crippen molar-refractivity contribution in [2.24, 2.45) is 0 Å². The molecular weight excluding hydrogens is 487 g/mol. The van der Waals surface area contributed by atoms with Gasteiger partial charge in [-0.15, -0.1) is 0 Å². The summed E-state index contributed by atoms with van der Waals surface area (Å²) in [5, 5.41) is 3.18. The first kappa shape index (κ1) is 22.9. The minimum Gasteiger partial charge on any atom is -0.363 e. The fourth-order valence-corrected chi connectivity index (χ4v) is 3.56. The van der Waals surface area contributed by atoms with Crippen LogP contribution < -0.4 is 10.9 Å². The molecule has 31 heavy (non-hydrogen) atoms. The fourth-order valence-electron chi connectivity index (χ4n) is 3.05. The van der Waals surface area contributed by atoms with Crippen molar-refractivity contribution in [2.45, 2.75) is 25.6 Å². The zero-order chi connectivity index (χ0) is 22.9. The lowest BCUT2D eigenvalue weighted by Gasteiger charge is -2.19. The predicted molar refractivity (Wildman–Crippen MR) is 111 cm³/mol. The molecule has 0 saturated carbocycles. The highest BCUT2D eigenvalue weighted by atomic mass is 79.9. The Labute approximate surface area is 181 Å². The van der Waals surface area contributed by atoms with Crippen molar-refractivity contribution >= 4 is 38.3 Å². The summed E-state index contributed by atoms with van der Waals surface area (Å²) in [7, 11) is 0. The molecule has 0 aliphatic heterocycles. The minimum absolute atomic E-state index is 0.0772. The number of halogens is 6. The van der Waals surface area contributed by atoms with Crippen LogP contribution in [0.15, 0.2) is 46.6 Å². The molecule has 1 N–H and O–H groups in total. The molecule has 0 amide bonds. The predicted octanol–water partition coefficient (Wildman–Crippen LogP) is 5.72. The van der Waals surface area contributed by atoms with E-state index in [2.05, 4.69) is 37.8 Å². The number of anilines is 1. The summed E-state index contributed by atoms with van der Waals surface area (Å²) in [4.78, 5) is 20.7. The Hall–Kier alpha value is -2.82. The Balaban J connectivity index is 2.08. The van der Waals surface area contributed by atoms with Gasteiger partial charge < -0.3 is 5.32 Å². The standard InChI is InChI=1S/C20H16BrF5N4O/c1-10(6-7-22)30-8-13-17(15(21)19(30)31)27-9-28-18(13)29-11(2)12-4-3-5-14(16(12)23)20(24,25)26/h3-5,8-9,11H,1,6-7H2,2H3,(H,27,28,29)/t11-/m1/s1. The van der Waals surface area contributed by atoms with Crippen molar-refractivity contribution in [3.8, 4) is 0 Å². The number of rotatable bonds is 6. The van der Waals surface area contributed by atoms with E-state index >= 15 is 0 Å². The van der Waals surface area contributed by atoms with Crippen LogP contribution in [0.25, 0.3) is 16.6 Å². The van der Waals surface area contributed by atoms with E-state index in [0.717, 1.165) is 17.0 Å². The van der Waals surface area contributed by atoms with E-state index in [9.17, 15) is 26.7 Å². The van der Waals surface area contributed by atoms with E-state index in [4.69, 9.17) is 0 Å². The maximum absolute atomic E-state index is 14.5. The smallest absolute Gasteiger partial charge is 0.363 e. The molecule has 0 fully saturated rings. The maximum Gasteiger partial charge on any atom is 0.419 e. The summed E-state index contributed by atoms with van der Waals surface area (Å²) in [5.74, 6) is -1.24. The summed E-state index contributed by atoms with van der Waals surface area (Å²) in [6.07, 6.45) is -2.40. The second-order valence-electron chi connectivity index (χ2n) is 6.68. The zero-order valence-electron chi connectivity index (χ0n) is 16.1. The maximum atomic E-state index is 14.5. The third kappa shape index (κ3) is 4.46. The first-order valence-corrected chi connectivity index (χ1v) is 9.77. The Morgan fingerprint density at radius 2 is 2.03 bits per heavy atom. The van der Waals surface area contributed by atoms with Gasteiger partial charge in [-0.1, -0.05) is 18.7 Å². The quantitative estimate of drug-likeness (QED) is 0.438. The van der Waals surface area contributed by atoms with Crippen LogP contribution in [0.4, 0.5) is 27.8 Å². The van der Waals surface area contributed by atoms with Gasteiger partial charge in [-0.25, -0.2) is 14.4 Å². The van der Waals surface area contributed by atoms with Crippen LogP contribution in [0, 0.1) is 5.82 Å². The van der Waals surface area contributed by atoms with Gasteiger partial charge in [-0.05, 0) is 28.9 Å². The summed E-state index contributed by atoms with van der Waals surface area (Å²) >= 11 is 3.17. The molecule has 0 aliphatic carbocycles. The van der Waals surface area contributed by atoms with Gasteiger partial charge in [0.2, 0.25) is 0 Å². The van der Waals surface area contributed by atoms with E-state index in [1.165, 1.54) is 19.2 Å². The topological polar surface area (TPSA) is 59.8 Å². The van der Waals surface area contributed by atoms with Crippen LogP contribution in [-0.2, 0) is 6.18 Å². The number of fused-ring (bicyclic) bond motifs is 1. The molecule has 3 aromatic rings. The molecular formula is C20H16BrF5N4O. The second-order valence-corrected chi connectivity index (χ2v) is 7.47. The molecule has 0 aliphatic rings. The normalized spacial score (nSPS) is 12.7. The summed E-state index contributed by atoms with van der Waals surface area (Å²) in [6.45, 7) is 4.44. The third-order valence-corrected chi connectivity index (χ3v) is 5.35. The SMILES string of the molecule is C=C(CCF)n1cc2c(N[C@H](C)c3cccc(C(F)(F)F)c3F)ncnc2c(Br)c1=O. The van der Waals surface area contributed by atoms with Crippen molar-refractivity contribution in [3.63, 3.8) is 0 Å². The van der Waals surface area contributed by atoms with Gasteiger partial charge in [0.05, 0.1) is 29.2 Å². The average molecular weight is 503 g/mol. The second kappa shape index (κ2) is 8.74. The lowest BCUT2D eigenvalue weighted by Crippen LogP contribution is -2.21. The van der Waals surface area contributed by atoms with E-state index in [1.54, 1.807) is 0 Å². The van der Waals surface area contributed by atoms with Gasteiger partial charge in [0.25, 0.3) is 5.56 Å². The van der Waals surface area contributed by atoms with E-state index in [-0.39, 0.29) is 33.5 Å². The van der Waals surface area contributed by atoms with Gasteiger partial charge >= 0.3 is 6.18 Å². The molecule has 2 heterocycles. The third-order valence-electron chi connectivity index (χ3n) is 4.63. The number of hydrogen-bond acceptors (Lipinski definition) is 4. The van der Waals surface area contributed by atoms with Crippen molar-refractivity contribution in [2.75, 3.05) is 12.0 Å². The number of nitrogens with zero attached hydrogens (tertiary/aromatic N) is 3. The van der Waals surface area contributed by atoms with Crippen LogP contribution in [0.2, 0.25) is 0 Å². The van der Waals surface area contributed by atoms with Crippen LogP contribution in [0.5, 0.6) is 0 Å². The molecule has 0 radical (unpaired) electrons. The highest BCUT2D eigenvalue weighted by Crippen LogP contribution is 2.35. The van der Waals surface area contributed by atoms with Crippen LogP contribution in [0.3, 0.4) is 0 Å². The molecule has 0 spiro atoms. The highest BCUT2D eigenvalue weighted by Gasteiger charge is 2.35. The van der Waals surface area contributed by atoms with Crippen molar-refractivity contribution in [1.29, 1.82) is 0 Å². The first-order chi connectivity index (χ1) is 14.6. The summed E-state index contributed by atoms with van der Waals surface area (Å²) in [6, 6.07) is 2.11. The number of benzene rings is 1. The molecule has 11 heteroatoms. The van der Waals surface area contributed by atoms with Crippen LogP contribution in [-0.4, -0.2) is 21.2 Å². The largest absolute Gasteiger partial charge is 0.419 e. The molecule has 0 saturated heterocycles. The van der Waals surface area contributed by atoms with Crippen LogP contribution >= 0.6 is 15.9 Å². The highest BCUT2D eigenvalue weighted by molar-refractivity contribution is 9.10. The molecule has 1 aromatic carbocycles. The fraction of sp³-hybridized carbons (Fsp3) is 0.250. The molecule has 5 nitrogen and oxygen atoms in total. The lowest BCUT2D eigenvalue weighted by atomic mass is 10.0. The molecule has 0 bridgehead atoms. The summed E-state index contributed by atoms with van der Waals surface area (Å²) < 4.78 is 67.6. The van der Waals surface area contributed by atoms with Gasteiger partial charge in [-0.2, -0.15) is 13.2 Å². The Morgan fingerprint density at radius 3 is 2.68 bits per heavy atom. The number of alkyl halides is 4. The zero-order valence-corrected chi connectivity index (χ0v) is 17.7. The monoisotopic (exact) mass is 502 g/mol. The average Bonchev–Trinajstić information content (AvgIpc) is 2.70. The first-order valence-electron chi connectivity index (χ1n) is 8.98. The molecule has 164 valence electrons. The van der Waals surface area contributed by atoms with E-state index < -0.39 is 35.8 Å². The van der Waals surface area contributed by atoms with Crippen molar-refractivity contribution in [1.82, 2.24) is 14.5 Å². The summed E-state index contributed by atoms with van der Waals surface area (Å²) in [5.41, 5.74) is -1.67. The number of hydrogen-bond donors (Lipinski definition) is 1. The molecule has 0 unspecified atom stereocenters. The van der Waals surface area contributed by atoms with Gasteiger partial charge in [0.15, 0.2) is 0 Å².